The second kappa shape index (κ2) is 5.13. The standard InChI is InChI=1S/C13H17N3O2S/c1-7-10(4)19-11(14-7)6-18-13(17)12-8(2)15-16(5)9(12)3/h6H2,1-5H3. The maximum absolute atomic E-state index is 12.1. The maximum atomic E-state index is 12.1. The van der Waals surface area contributed by atoms with Gasteiger partial charge in [0.1, 0.15) is 17.2 Å². The highest BCUT2D eigenvalue weighted by atomic mass is 32.1. The van der Waals surface area contributed by atoms with E-state index in [0.717, 1.165) is 21.3 Å². The number of ether oxygens (including phenoxy) is 1. The number of hydrogen-bond acceptors (Lipinski definition) is 5. The van der Waals surface area contributed by atoms with E-state index in [1.807, 2.05) is 27.8 Å². The predicted octanol–water partition coefficient (Wildman–Crippen LogP) is 2.47. The maximum Gasteiger partial charge on any atom is 0.342 e. The first-order valence-electron chi connectivity index (χ1n) is 6.00. The number of carbonyl (C=O) groups is 1. The van der Waals surface area contributed by atoms with E-state index >= 15 is 0 Å². The highest BCUT2D eigenvalue weighted by Crippen LogP contribution is 2.19. The van der Waals surface area contributed by atoms with Gasteiger partial charge in [-0.15, -0.1) is 11.3 Å². The number of rotatable bonds is 3. The van der Waals surface area contributed by atoms with Crippen molar-refractivity contribution in [3.63, 3.8) is 0 Å². The van der Waals surface area contributed by atoms with Crippen LogP contribution in [-0.4, -0.2) is 20.7 Å². The molecule has 0 atom stereocenters. The summed E-state index contributed by atoms with van der Waals surface area (Å²) in [6, 6.07) is 0. The quantitative estimate of drug-likeness (QED) is 0.810. The van der Waals surface area contributed by atoms with Crippen molar-refractivity contribution in [2.45, 2.75) is 34.3 Å². The smallest absolute Gasteiger partial charge is 0.342 e. The first-order valence-corrected chi connectivity index (χ1v) is 6.82. The molecule has 0 fully saturated rings. The molecule has 6 heteroatoms. The summed E-state index contributed by atoms with van der Waals surface area (Å²) in [4.78, 5) is 17.6. The third kappa shape index (κ3) is 2.68. The number of hydrogen-bond donors (Lipinski definition) is 0. The van der Waals surface area contributed by atoms with Crippen LogP contribution in [0.15, 0.2) is 0 Å². The van der Waals surface area contributed by atoms with Gasteiger partial charge < -0.3 is 4.74 Å². The molecular weight excluding hydrogens is 262 g/mol. The Morgan fingerprint density at radius 2 is 1.95 bits per heavy atom. The van der Waals surface area contributed by atoms with Gasteiger partial charge in [0.05, 0.1) is 11.4 Å². The lowest BCUT2D eigenvalue weighted by molar-refractivity contribution is 0.0470. The van der Waals surface area contributed by atoms with Crippen molar-refractivity contribution in [1.82, 2.24) is 14.8 Å². The molecule has 0 aliphatic carbocycles. The fraction of sp³-hybridized carbons (Fsp3) is 0.462. The van der Waals surface area contributed by atoms with Crippen LogP contribution in [0.5, 0.6) is 0 Å². The summed E-state index contributed by atoms with van der Waals surface area (Å²) in [5.74, 6) is -0.339. The average molecular weight is 279 g/mol. The van der Waals surface area contributed by atoms with E-state index in [0.29, 0.717) is 11.3 Å². The molecule has 0 aliphatic heterocycles. The molecule has 102 valence electrons. The van der Waals surface area contributed by atoms with Crippen molar-refractivity contribution in [1.29, 1.82) is 0 Å². The SMILES string of the molecule is Cc1nc(COC(=O)c2c(C)nn(C)c2C)sc1C. The average Bonchev–Trinajstić information content (AvgIpc) is 2.78. The molecule has 19 heavy (non-hydrogen) atoms. The second-order valence-corrected chi connectivity index (χ2v) is 5.78. The summed E-state index contributed by atoms with van der Waals surface area (Å²) in [5.41, 5.74) is 3.04. The Labute approximate surface area is 116 Å². The van der Waals surface area contributed by atoms with Crippen LogP contribution in [0, 0.1) is 27.7 Å². The molecule has 0 saturated heterocycles. The van der Waals surface area contributed by atoms with Crippen molar-refractivity contribution in [2.75, 3.05) is 0 Å². The minimum atomic E-state index is -0.339. The van der Waals surface area contributed by atoms with Crippen LogP contribution in [0.25, 0.3) is 0 Å². The zero-order valence-corrected chi connectivity index (χ0v) is 12.6. The molecule has 0 saturated carbocycles. The van der Waals surface area contributed by atoms with E-state index in [-0.39, 0.29) is 12.6 Å². The molecule has 2 aromatic heterocycles. The molecule has 2 rings (SSSR count). The molecule has 0 bridgehead atoms. The fourth-order valence-electron chi connectivity index (χ4n) is 1.87. The van der Waals surface area contributed by atoms with Gasteiger partial charge in [0.15, 0.2) is 0 Å². The Kier molecular flexibility index (Phi) is 3.71. The van der Waals surface area contributed by atoms with Gasteiger partial charge >= 0.3 is 5.97 Å². The Morgan fingerprint density at radius 3 is 2.42 bits per heavy atom. The first-order chi connectivity index (χ1) is 8.90. The van der Waals surface area contributed by atoms with Crippen molar-refractivity contribution in [2.24, 2.45) is 7.05 Å². The van der Waals surface area contributed by atoms with E-state index in [9.17, 15) is 4.79 Å². The molecule has 2 heterocycles. The number of aromatic nitrogens is 3. The van der Waals surface area contributed by atoms with Crippen LogP contribution in [0.2, 0.25) is 0 Å². The van der Waals surface area contributed by atoms with Crippen molar-refractivity contribution in [3.8, 4) is 0 Å². The largest absolute Gasteiger partial charge is 0.455 e. The summed E-state index contributed by atoms with van der Waals surface area (Å²) in [6.45, 7) is 7.84. The van der Waals surface area contributed by atoms with E-state index in [1.54, 1.807) is 22.9 Å². The van der Waals surface area contributed by atoms with Crippen LogP contribution >= 0.6 is 11.3 Å². The topological polar surface area (TPSA) is 57.0 Å². The monoisotopic (exact) mass is 279 g/mol. The first kappa shape index (κ1) is 13.7. The van der Waals surface area contributed by atoms with Crippen LogP contribution in [0.3, 0.4) is 0 Å². The van der Waals surface area contributed by atoms with Crippen molar-refractivity contribution >= 4 is 17.3 Å². The molecule has 5 nitrogen and oxygen atoms in total. The molecule has 2 aromatic rings. The summed E-state index contributed by atoms with van der Waals surface area (Å²) in [5, 5.41) is 5.03. The molecular formula is C13H17N3O2S. The van der Waals surface area contributed by atoms with Gasteiger partial charge in [-0.1, -0.05) is 0 Å². The van der Waals surface area contributed by atoms with E-state index in [2.05, 4.69) is 10.1 Å². The number of thiazole rings is 1. The number of aryl methyl sites for hydroxylation is 4. The van der Waals surface area contributed by atoms with Crippen molar-refractivity contribution in [3.05, 3.63) is 32.5 Å². The predicted molar refractivity (Wildman–Crippen MR) is 73.4 cm³/mol. The zero-order valence-electron chi connectivity index (χ0n) is 11.8. The zero-order chi connectivity index (χ0) is 14.2. The number of nitrogens with zero attached hydrogens (tertiary/aromatic N) is 3. The Morgan fingerprint density at radius 1 is 1.26 bits per heavy atom. The lowest BCUT2D eigenvalue weighted by Crippen LogP contribution is -2.08. The minimum absolute atomic E-state index is 0.214. The van der Waals surface area contributed by atoms with E-state index in [1.165, 1.54) is 0 Å². The summed E-state index contributed by atoms with van der Waals surface area (Å²) in [6.07, 6.45) is 0. The molecule has 0 radical (unpaired) electrons. The van der Waals surface area contributed by atoms with E-state index < -0.39 is 0 Å². The summed E-state index contributed by atoms with van der Waals surface area (Å²) >= 11 is 1.56. The minimum Gasteiger partial charge on any atom is -0.455 e. The third-order valence-electron chi connectivity index (χ3n) is 3.11. The summed E-state index contributed by atoms with van der Waals surface area (Å²) < 4.78 is 7.00. The lowest BCUT2D eigenvalue weighted by atomic mass is 10.2. The number of esters is 1. The van der Waals surface area contributed by atoms with Crippen LogP contribution in [0.4, 0.5) is 0 Å². The van der Waals surface area contributed by atoms with Gasteiger partial charge in [0.2, 0.25) is 0 Å². The van der Waals surface area contributed by atoms with Gasteiger partial charge in [0, 0.05) is 17.6 Å². The third-order valence-corrected chi connectivity index (χ3v) is 4.16. The van der Waals surface area contributed by atoms with Crippen LogP contribution in [0.1, 0.15) is 37.3 Å². The van der Waals surface area contributed by atoms with Gasteiger partial charge in [-0.05, 0) is 27.7 Å². The molecule has 0 unspecified atom stereocenters. The van der Waals surface area contributed by atoms with Crippen molar-refractivity contribution < 1.29 is 9.53 Å². The van der Waals surface area contributed by atoms with Gasteiger partial charge in [-0.3, -0.25) is 4.68 Å². The number of carbonyl (C=O) groups excluding carboxylic acids is 1. The highest BCUT2D eigenvalue weighted by Gasteiger charge is 2.19. The molecule has 0 aliphatic rings. The van der Waals surface area contributed by atoms with Gasteiger partial charge in [-0.2, -0.15) is 5.10 Å². The van der Waals surface area contributed by atoms with Crippen LogP contribution in [-0.2, 0) is 18.4 Å². The fourth-order valence-corrected chi connectivity index (χ4v) is 2.72. The Balaban J connectivity index is 2.09. The normalized spacial score (nSPS) is 10.8. The molecule has 0 aromatic carbocycles. The summed E-state index contributed by atoms with van der Waals surface area (Å²) in [7, 11) is 1.81. The molecule has 0 spiro atoms. The van der Waals surface area contributed by atoms with Gasteiger partial charge in [0.25, 0.3) is 0 Å². The molecule has 0 amide bonds. The Hall–Kier alpha value is -1.69. The molecule has 0 N–H and O–H groups in total. The second-order valence-electron chi connectivity index (χ2n) is 4.49. The van der Waals surface area contributed by atoms with E-state index in [4.69, 9.17) is 4.74 Å². The van der Waals surface area contributed by atoms with Crippen LogP contribution < -0.4 is 0 Å². The highest BCUT2D eigenvalue weighted by molar-refractivity contribution is 7.11. The lowest BCUT2D eigenvalue weighted by Gasteiger charge is -2.03. The Bertz CT molecular complexity index is 609. The van der Waals surface area contributed by atoms with Gasteiger partial charge in [-0.25, -0.2) is 9.78 Å².